The van der Waals surface area contributed by atoms with Gasteiger partial charge in [-0.25, -0.2) is 0 Å². The molecule has 1 aromatic carbocycles. The van der Waals surface area contributed by atoms with Gasteiger partial charge in [0.1, 0.15) is 0 Å². The van der Waals surface area contributed by atoms with Crippen LogP contribution in [0.2, 0.25) is 0 Å². The lowest BCUT2D eigenvalue weighted by Crippen LogP contribution is -2.43. The first-order chi connectivity index (χ1) is 11.5. The zero-order chi connectivity index (χ0) is 17.3. The number of benzene rings is 1. The van der Waals surface area contributed by atoms with Crippen LogP contribution in [-0.2, 0) is 18.3 Å². The molecule has 0 aliphatic heterocycles. The number of aromatic amines is 1. The second kappa shape index (κ2) is 6.49. The summed E-state index contributed by atoms with van der Waals surface area (Å²) in [4.78, 5) is 15.6. The van der Waals surface area contributed by atoms with Crippen LogP contribution in [-0.4, -0.2) is 26.7 Å². The van der Waals surface area contributed by atoms with E-state index in [0.717, 1.165) is 27.7 Å². The number of hydrogen-bond acceptors (Lipinski definition) is 3. The summed E-state index contributed by atoms with van der Waals surface area (Å²) in [7, 11) is 1.89. The fourth-order valence-corrected chi connectivity index (χ4v) is 2.97. The van der Waals surface area contributed by atoms with Gasteiger partial charge in [0, 0.05) is 35.4 Å². The predicted octanol–water partition coefficient (Wildman–Crippen LogP) is 1.96. The van der Waals surface area contributed by atoms with E-state index in [9.17, 15) is 4.79 Å². The zero-order valence-corrected chi connectivity index (χ0v) is 14.2. The van der Waals surface area contributed by atoms with Crippen molar-refractivity contribution in [1.29, 1.82) is 0 Å². The molecule has 0 aliphatic carbocycles. The summed E-state index contributed by atoms with van der Waals surface area (Å²) in [5.41, 5.74) is 10.3. The molecule has 2 aromatic heterocycles. The Morgan fingerprint density at radius 2 is 2.17 bits per heavy atom. The normalized spacial score (nSPS) is 13.8. The van der Waals surface area contributed by atoms with E-state index in [2.05, 4.69) is 15.4 Å². The van der Waals surface area contributed by atoms with Crippen LogP contribution in [0.3, 0.4) is 0 Å². The van der Waals surface area contributed by atoms with Crippen LogP contribution >= 0.6 is 0 Å². The van der Waals surface area contributed by atoms with Crippen LogP contribution in [0.5, 0.6) is 0 Å². The summed E-state index contributed by atoms with van der Waals surface area (Å²) in [5, 5.41) is 8.31. The van der Waals surface area contributed by atoms with E-state index in [4.69, 9.17) is 5.73 Å². The van der Waals surface area contributed by atoms with E-state index in [1.165, 1.54) is 0 Å². The number of rotatable bonds is 5. The minimum absolute atomic E-state index is 0.125. The largest absolute Gasteiger partial charge is 0.361 e. The Labute approximate surface area is 141 Å². The third kappa shape index (κ3) is 3.05. The molecule has 3 rings (SSSR count). The number of nitrogens with zero attached hydrogens (tertiary/aromatic N) is 2. The highest BCUT2D eigenvalue weighted by Crippen LogP contribution is 2.19. The molecule has 24 heavy (non-hydrogen) atoms. The molecule has 0 saturated carbocycles. The van der Waals surface area contributed by atoms with Gasteiger partial charge in [-0.1, -0.05) is 18.2 Å². The summed E-state index contributed by atoms with van der Waals surface area (Å²) in [6.07, 6.45) is 4.20. The van der Waals surface area contributed by atoms with Gasteiger partial charge in [0.2, 0.25) is 5.91 Å². The van der Waals surface area contributed by atoms with Gasteiger partial charge in [-0.05, 0) is 31.9 Å². The van der Waals surface area contributed by atoms with E-state index in [1.54, 1.807) is 10.9 Å². The zero-order valence-electron chi connectivity index (χ0n) is 14.2. The van der Waals surface area contributed by atoms with Crippen LogP contribution in [0, 0.1) is 6.92 Å². The van der Waals surface area contributed by atoms with E-state index in [-0.39, 0.29) is 11.9 Å². The van der Waals surface area contributed by atoms with E-state index < -0.39 is 6.04 Å². The van der Waals surface area contributed by atoms with Crippen molar-refractivity contribution >= 4 is 16.8 Å². The minimum Gasteiger partial charge on any atom is -0.361 e. The molecule has 0 aliphatic rings. The van der Waals surface area contributed by atoms with Crippen LogP contribution in [0.15, 0.2) is 36.7 Å². The SMILES string of the molecule is Cc1c(C(C)NC(=O)[C@@H](N)Cc2c[nH]c3ccccc23)cnn1C. The maximum absolute atomic E-state index is 12.4. The molecule has 4 N–H and O–H groups in total. The molecule has 3 aromatic rings. The summed E-state index contributed by atoms with van der Waals surface area (Å²) >= 11 is 0. The highest BCUT2D eigenvalue weighted by atomic mass is 16.2. The Kier molecular flexibility index (Phi) is 4.40. The van der Waals surface area contributed by atoms with Crippen molar-refractivity contribution in [3.05, 3.63) is 53.5 Å². The van der Waals surface area contributed by atoms with Gasteiger partial charge in [-0.2, -0.15) is 5.10 Å². The molecule has 6 heteroatoms. The smallest absolute Gasteiger partial charge is 0.237 e. The molecule has 1 unspecified atom stereocenters. The van der Waals surface area contributed by atoms with Gasteiger partial charge < -0.3 is 16.0 Å². The number of nitrogens with two attached hydrogens (primary N) is 1. The molecule has 2 heterocycles. The Hall–Kier alpha value is -2.60. The lowest BCUT2D eigenvalue weighted by Gasteiger charge is -2.17. The van der Waals surface area contributed by atoms with Crippen molar-refractivity contribution in [1.82, 2.24) is 20.1 Å². The number of aryl methyl sites for hydroxylation is 1. The van der Waals surface area contributed by atoms with Crippen molar-refractivity contribution in [2.24, 2.45) is 12.8 Å². The molecule has 0 fully saturated rings. The third-order valence-corrected chi connectivity index (χ3v) is 4.55. The molecule has 6 nitrogen and oxygen atoms in total. The molecule has 0 spiro atoms. The van der Waals surface area contributed by atoms with Crippen LogP contribution in [0.4, 0.5) is 0 Å². The Morgan fingerprint density at radius 3 is 2.88 bits per heavy atom. The monoisotopic (exact) mass is 325 g/mol. The Balaban J connectivity index is 1.67. The maximum Gasteiger partial charge on any atom is 0.237 e. The molecule has 0 bridgehead atoms. The number of carbonyl (C=O) groups is 1. The average molecular weight is 325 g/mol. The number of amides is 1. The molecule has 2 atom stereocenters. The molecule has 126 valence electrons. The number of carbonyl (C=O) groups excluding carboxylic acids is 1. The van der Waals surface area contributed by atoms with E-state index in [0.29, 0.717) is 6.42 Å². The predicted molar refractivity (Wildman–Crippen MR) is 94.5 cm³/mol. The number of nitrogens with one attached hydrogen (secondary N) is 2. The van der Waals surface area contributed by atoms with Crippen LogP contribution in [0.25, 0.3) is 10.9 Å². The van der Waals surface area contributed by atoms with Crippen molar-refractivity contribution in [3.8, 4) is 0 Å². The van der Waals surface area contributed by atoms with Crippen molar-refractivity contribution in [2.75, 3.05) is 0 Å². The summed E-state index contributed by atoms with van der Waals surface area (Å²) in [5.74, 6) is -0.156. The summed E-state index contributed by atoms with van der Waals surface area (Å²) < 4.78 is 1.80. The number of aromatic nitrogens is 3. The third-order valence-electron chi connectivity index (χ3n) is 4.55. The highest BCUT2D eigenvalue weighted by Gasteiger charge is 2.20. The lowest BCUT2D eigenvalue weighted by atomic mass is 10.0. The first kappa shape index (κ1) is 16.3. The van der Waals surface area contributed by atoms with Crippen LogP contribution < -0.4 is 11.1 Å². The van der Waals surface area contributed by atoms with E-state index in [1.807, 2.05) is 51.4 Å². The first-order valence-corrected chi connectivity index (χ1v) is 8.07. The lowest BCUT2D eigenvalue weighted by molar-refractivity contribution is -0.123. The van der Waals surface area contributed by atoms with Gasteiger partial charge in [0.05, 0.1) is 18.3 Å². The minimum atomic E-state index is -0.594. The maximum atomic E-state index is 12.4. The molecule has 0 saturated heterocycles. The average Bonchev–Trinajstić information content (AvgIpc) is 3.12. The van der Waals surface area contributed by atoms with Gasteiger partial charge in [-0.15, -0.1) is 0 Å². The first-order valence-electron chi connectivity index (χ1n) is 8.07. The number of fused-ring (bicyclic) bond motifs is 1. The van der Waals surface area contributed by atoms with Gasteiger partial charge in [0.15, 0.2) is 0 Å². The second-order valence-corrected chi connectivity index (χ2v) is 6.21. The summed E-state index contributed by atoms with van der Waals surface area (Å²) in [6.45, 7) is 3.93. The highest BCUT2D eigenvalue weighted by molar-refractivity contribution is 5.86. The van der Waals surface area contributed by atoms with Gasteiger partial charge in [-0.3, -0.25) is 9.48 Å². The number of hydrogen-bond donors (Lipinski definition) is 3. The fraction of sp³-hybridized carbons (Fsp3) is 0.333. The summed E-state index contributed by atoms with van der Waals surface area (Å²) in [6, 6.07) is 7.29. The Morgan fingerprint density at radius 1 is 1.42 bits per heavy atom. The van der Waals surface area contributed by atoms with Crippen molar-refractivity contribution in [3.63, 3.8) is 0 Å². The number of H-pyrrole nitrogens is 1. The molecular formula is C18H23N5O. The van der Waals surface area contributed by atoms with E-state index >= 15 is 0 Å². The molecular weight excluding hydrogens is 302 g/mol. The molecule has 0 radical (unpaired) electrons. The quantitative estimate of drug-likeness (QED) is 0.670. The number of para-hydroxylation sites is 1. The van der Waals surface area contributed by atoms with Crippen molar-refractivity contribution in [2.45, 2.75) is 32.4 Å². The van der Waals surface area contributed by atoms with Crippen molar-refractivity contribution < 1.29 is 4.79 Å². The second-order valence-electron chi connectivity index (χ2n) is 6.21. The van der Waals surface area contributed by atoms with Gasteiger partial charge >= 0.3 is 0 Å². The topological polar surface area (TPSA) is 88.7 Å². The van der Waals surface area contributed by atoms with Gasteiger partial charge in [0.25, 0.3) is 0 Å². The van der Waals surface area contributed by atoms with Crippen LogP contribution in [0.1, 0.15) is 29.8 Å². The Bertz CT molecular complexity index is 863. The standard InChI is InChI=1S/C18H23N5O/c1-11(15-10-21-23(3)12(15)2)22-18(24)16(19)8-13-9-20-17-7-5-4-6-14(13)17/h4-7,9-11,16,20H,8,19H2,1-3H3,(H,22,24)/t11?,16-/m0/s1. The molecule has 1 amide bonds. The fourth-order valence-electron chi connectivity index (χ4n) is 2.97.